The third-order valence-corrected chi connectivity index (χ3v) is 2.92. The van der Waals surface area contributed by atoms with Gasteiger partial charge in [-0.1, -0.05) is 62.6 Å². The second-order valence-corrected chi connectivity index (χ2v) is 4.83. The van der Waals surface area contributed by atoms with Crippen molar-refractivity contribution >= 4 is 12.2 Å². The van der Waals surface area contributed by atoms with Crippen molar-refractivity contribution in [2.24, 2.45) is 10.7 Å². The van der Waals surface area contributed by atoms with Crippen LogP contribution in [-0.4, -0.2) is 12.2 Å². The molecule has 0 atom stereocenters. The second kappa shape index (κ2) is 11.4. The van der Waals surface area contributed by atoms with Crippen molar-refractivity contribution in [3.63, 3.8) is 0 Å². The zero-order valence-corrected chi connectivity index (χ0v) is 13.0. The van der Waals surface area contributed by atoms with Crippen molar-refractivity contribution in [3.8, 4) is 0 Å². The first-order valence-electron chi connectivity index (χ1n) is 7.59. The number of amidine groups is 1. The molecule has 0 fully saturated rings. The summed E-state index contributed by atoms with van der Waals surface area (Å²) < 4.78 is 9.66. The van der Waals surface area contributed by atoms with Gasteiger partial charge in [0.25, 0.3) is 6.02 Å². The molecule has 0 unspecified atom stereocenters. The van der Waals surface area contributed by atoms with Crippen molar-refractivity contribution < 1.29 is 14.3 Å². The number of hydrogen-bond acceptors (Lipinski definition) is 4. The molecule has 0 aliphatic rings. The van der Waals surface area contributed by atoms with Gasteiger partial charge in [0.05, 0.1) is 0 Å². The van der Waals surface area contributed by atoms with E-state index in [1.54, 1.807) is 6.20 Å². The van der Waals surface area contributed by atoms with Crippen LogP contribution in [0.25, 0.3) is 0 Å². The van der Waals surface area contributed by atoms with Gasteiger partial charge in [0, 0.05) is 6.20 Å². The molecule has 0 spiro atoms. The van der Waals surface area contributed by atoms with Gasteiger partial charge in [0.1, 0.15) is 6.61 Å². The Morgan fingerprint density at radius 1 is 1.23 bits per heavy atom. The third-order valence-electron chi connectivity index (χ3n) is 2.92. The molecule has 2 N–H and O–H groups in total. The number of ether oxygens (including phenoxy) is 2. The average Bonchev–Trinajstić information content (AvgIpc) is 2.53. The predicted molar refractivity (Wildman–Crippen MR) is 87.2 cm³/mol. The summed E-state index contributed by atoms with van der Waals surface area (Å²) in [6.07, 6.45) is 8.33. The van der Waals surface area contributed by atoms with Gasteiger partial charge in [-0.15, -0.1) is 0 Å². The minimum absolute atomic E-state index is 0.139. The lowest BCUT2D eigenvalue weighted by atomic mass is 10.1. The molecule has 0 heterocycles. The Hall–Kier alpha value is -2.30. The maximum absolute atomic E-state index is 11.4. The minimum Gasteiger partial charge on any atom is -0.429 e. The topological polar surface area (TPSA) is 73.9 Å². The summed E-state index contributed by atoms with van der Waals surface area (Å²) in [6.45, 7) is 2.31. The zero-order chi connectivity index (χ0) is 16.0. The highest BCUT2D eigenvalue weighted by molar-refractivity contribution is 5.83. The summed E-state index contributed by atoms with van der Waals surface area (Å²) in [5, 5.41) is 0. The van der Waals surface area contributed by atoms with Gasteiger partial charge in [-0.3, -0.25) is 0 Å². The van der Waals surface area contributed by atoms with Crippen LogP contribution in [-0.2, 0) is 16.1 Å². The summed E-state index contributed by atoms with van der Waals surface area (Å²) in [6, 6.07) is 9.11. The molecule has 5 nitrogen and oxygen atoms in total. The minimum atomic E-state index is -0.860. The van der Waals surface area contributed by atoms with E-state index in [1.165, 1.54) is 19.3 Å². The average molecular weight is 304 g/mol. The Balaban J connectivity index is 2.19. The molecule has 0 saturated carbocycles. The highest BCUT2D eigenvalue weighted by atomic mass is 16.7. The van der Waals surface area contributed by atoms with Crippen LogP contribution in [0.15, 0.2) is 47.6 Å². The van der Waals surface area contributed by atoms with Crippen LogP contribution < -0.4 is 5.73 Å². The van der Waals surface area contributed by atoms with E-state index in [9.17, 15) is 4.79 Å². The summed E-state index contributed by atoms with van der Waals surface area (Å²) in [5.74, 6) is 0. The van der Waals surface area contributed by atoms with E-state index in [0.717, 1.165) is 18.4 Å². The summed E-state index contributed by atoms with van der Waals surface area (Å²) >= 11 is 0. The standard InChI is InChI=1S/C17H24N2O3/c1-2-3-4-5-6-10-13-19-16(18)22-17(20)21-14-15-11-8-7-9-12-15/h7-13H,2-6,14H2,1H3,(H2,18,19)/b13-10+. The molecule has 22 heavy (non-hydrogen) atoms. The van der Waals surface area contributed by atoms with Gasteiger partial charge < -0.3 is 15.2 Å². The van der Waals surface area contributed by atoms with Crippen LogP contribution in [0.4, 0.5) is 4.79 Å². The van der Waals surface area contributed by atoms with E-state index in [1.807, 2.05) is 36.4 Å². The highest BCUT2D eigenvalue weighted by Gasteiger charge is 2.06. The summed E-state index contributed by atoms with van der Waals surface area (Å²) in [7, 11) is 0. The molecule has 0 aliphatic heterocycles. The van der Waals surface area contributed by atoms with E-state index in [0.29, 0.717) is 0 Å². The van der Waals surface area contributed by atoms with Crippen LogP contribution in [0, 0.1) is 0 Å². The van der Waals surface area contributed by atoms with E-state index in [-0.39, 0.29) is 12.6 Å². The number of rotatable bonds is 8. The second-order valence-electron chi connectivity index (χ2n) is 4.83. The number of carbonyl (C=O) groups is 1. The van der Waals surface area contributed by atoms with E-state index < -0.39 is 6.16 Å². The Kier molecular flexibility index (Phi) is 9.17. The normalized spacial score (nSPS) is 11.6. The molecule has 0 radical (unpaired) electrons. The smallest absolute Gasteiger partial charge is 0.429 e. The maximum atomic E-state index is 11.4. The fraction of sp³-hybridized carbons (Fsp3) is 0.412. The van der Waals surface area contributed by atoms with Gasteiger partial charge in [0.2, 0.25) is 0 Å². The molecule has 1 rings (SSSR count). The summed E-state index contributed by atoms with van der Waals surface area (Å²) in [4.78, 5) is 15.2. The van der Waals surface area contributed by atoms with Crippen LogP contribution >= 0.6 is 0 Å². The van der Waals surface area contributed by atoms with Crippen molar-refractivity contribution in [2.75, 3.05) is 0 Å². The molecule has 0 saturated heterocycles. The van der Waals surface area contributed by atoms with Crippen LogP contribution in [0.2, 0.25) is 0 Å². The van der Waals surface area contributed by atoms with Crippen LogP contribution in [0.3, 0.4) is 0 Å². The molecular weight excluding hydrogens is 280 g/mol. The van der Waals surface area contributed by atoms with Crippen molar-refractivity contribution in [3.05, 3.63) is 48.2 Å². The van der Waals surface area contributed by atoms with Gasteiger partial charge in [-0.05, 0) is 18.4 Å². The van der Waals surface area contributed by atoms with Crippen molar-refractivity contribution in [1.82, 2.24) is 0 Å². The first-order valence-corrected chi connectivity index (χ1v) is 7.59. The fourth-order valence-electron chi connectivity index (χ4n) is 1.75. The van der Waals surface area contributed by atoms with E-state index in [4.69, 9.17) is 15.2 Å². The monoisotopic (exact) mass is 304 g/mol. The molecule has 0 aromatic heterocycles. The molecule has 1 aromatic carbocycles. The number of nitrogens with two attached hydrogens (primary N) is 1. The third kappa shape index (κ3) is 8.79. The Bertz CT molecular complexity index is 484. The molecular formula is C17H24N2O3. The predicted octanol–water partition coefficient (Wildman–Crippen LogP) is 4.14. The van der Waals surface area contributed by atoms with Gasteiger partial charge in [-0.2, -0.15) is 0 Å². The Morgan fingerprint density at radius 2 is 2.00 bits per heavy atom. The molecule has 5 heteroatoms. The highest BCUT2D eigenvalue weighted by Crippen LogP contribution is 2.03. The number of unbranched alkanes of at least 4 members (excludes halogenated alkanes) is 4. The van der Waals surface area contributed by atoms with Crippen LogP contribution in [0.5, 0.6) is 0 Å². The van der Waals surface area contributed by atoms with Crippen molar-refractivity contribution in [2.45, 2.75) is 45.6 Å². The number of hydrogen-bond donors (Lipinski definition) is 1. The SMILES string of the molecule is CCCCCC/C=C/N=C(N)OC(=O)OCc1ccccc1. The lowest BCUT2D eigenvalue weighted by molar-refractivity contribution is 0.0886. The lowest BCUT2D eigenvalue weighted by Gasteiger charge is -2.04. The zero-order valence-electron chi connectivity index (χ0n) is 13.0. The van der Waals surface area contributed by atoms with Crippen LogP contribution in [0.1, 0.15) is 44.6 Å². The first kappa shape index (κ1) is 17.8. The lowest BCUT2D eigenvalue weighted by Crippen LogP contribution is -2.21. The van der Waals surface area contributed by atoms with E-state index in [2.05, 4.69) is 11.9 Å². The van der Waals surface area contributed by atoms with E-state index >= 15 is 0 Å². The molecule has 0 amide bonds. The summed E-state index contributed by atoms with van der Waals surface area (Å²) in [5.41, 5.74) is 6.36. The number of benzene rings is 1. The fourth-order valence-corrected chi connectivity index (χ4v) is 1.75. The molecule has 120 valence electrons. The van der Waals surface area contributed by atoms with Gasteiger partial charge in [0.15, 0.2) is 0 Å². The van der Waals surface area contributed by atoms with Gasteiger partial charge >= 0.3 is 6.16 Å². The number of nitrogens with zero attached hydrogens (tertiary/aromatic N) is 1. The number of aliphatic imine (C=N–C) groups is 1. The molecule has 1 aromatic rings. The maximum Gasteiger partial charge on any atom is 0.516 e. The Labute approximate surface area is 131 Å². The first-order chi connectivity index (χ1) is 10.7. The Morgan fingerprint density at radius 3 is 2.73 bits per heavy atom. The molecule has 0 aliphatic carbocycles. The number of allylic oxidation sites excluding steroid dienone is 1. The largest absolute Gasteiger partial charge is 0.516 e. The van der Waals surface area contributed by atoms with Gasteiger partial charge in [-0.25, -0.2) is 9.79 Å². The quantitative estimate of drug-likeness (QED) is 0.339. The number of carbonyl (C=O) groups excluding carboxylic acids is 1. The molecule has 0 bridgehead atoms. The van der Waals surface area contributed by atoms with Crippen molar-refractivity contribution in [1.29, 1.82) is 0 Å².